The second kappa shape index (κ2) is 11.7. The average molecular weight is 587 g/mol. The minimum Gasteiger partial charge on any atom is -0.378 e. The van der Waals surface area contributed by atoms with Crippen LogP contribution in [0.3, 0.4) is 0 Å². The molecule has 0 radical (unpaired) electrons. The van der Waals surface area contributed by atoms with E-state index in [1.54, 1.807) is 12.1 Å². The van der Waals surface area contributed by atoms with Gasteiger partial charge in [-0.25, -0.2) is 0 Å². The van der Waals surface area contributed by atoms with Crippen molar-refractivity contribution >= 4 is 60.9 Å². The monoisotopic (exact) mass is 586 g/mol. The Bertz CT molecular complexity index is 1890. The highest BCUT2D eigenvalue weighted by molar-refractivity contribution is 7.87. The van der Waals surface area contributed by atoms with E-state index in [4.69, 9.17) is 15.8 Å². The molecule has 5 rings (SSSR count). The summed E-state index contributed by atoms with van der Waals surface area (Å²) in [7, 11) is -4.19. The molecule has 5 aromatic rings. The quantitative estimate of drug-likeness (QED) is 0.129. The number of para-hydroxylation sites is 1. The topological polar surface area (TPSA) is 122 Å². The van der Waals surface area contributed by atoms with E-state index in [1.807, 2.05) is 48.5 Å². The van der Waals surface area contributed by atoms with Crippen LogP contribution in [0.1, 0.15) is 16.1 Å². The molecular weight excluding hydrogens is 568 g/mol. The second-order valence-corrected chi connectivity index (χ2v) is 11.5. The first-order valence-corrected chi connectivity index (χ1v) is 14.4. The number of aromatic nitrogens is 2. The van der Waals surface area contributed by atoms with E-state index < -0.39 is 16.0 Å². The third-order valence-electron chi connectivity index (χ3n) is 5.79. The number of hydrogen-bond acceptors (Lipinski definition) is 8. The summed E-state index contributed by atoms with van der Waals surface area (Å²) in [6.45, 7) is 0. The van der Waals surface area contributed by atoms with Crippen LogP contribution in [0.15, 0.2) is 101 Å². The van der Waals surface area contributed by atoms with Gasteiger partial charge in [-0.2, -0.15) is 13.7 Å². The van der Waals surface area contributed by atoms with Crippen molar-refractivity contribution in [3.63, 3.8) is 0 Å². The van der Waals surface area contributed by atoms with Crippen LogP contribution in [0, 0.1) is 11.3 Å². The van der Waals surface area contributed by atoms with Crippen LogP contribution in [0.2, 0.25) is 5.02 Å². The molecule has 11 heteroatoms. The first-order valence-electron chi connectivity index (χ1n) is 11.8. The van der Waals surface area contributed by atoms with Gasteiger partial charge in [-0.15, -0.1) is 10.2 Å². The minimum absolute atomic E-state index is 0.0497. The number of nitriles is 1. The first-order chi connectivity index (χ1) is 19.3. The van der Waals surface area contributed by atoms with E-state index in [1.165, 1.54) is 53.8 Å². The molecule has 1 heterocycles. The van der Waals surface area contributed by atoms with Crippen molar-refractivity contribution in [1.29, 1.82) is 5.26 Å². The number of amides is 1. The molecule has 0 unspecified atom stereocenters. The summed E-state index contributed by atoms with van der Waals surface area (Å²) in [5.74, 6) is -0.767. The third-order valence-corrected chi connectivity index (χ3v) is 8.13. The van der Waals surface area contributed by atoms with Gasteiger partial charge >= 0.3 is 10.1 Å². The maximum atomic E-state index is 12.9. The van der Waals surface area contributed by atoms with Crippen molar-refractivity contribution in [3.05, 3.63) is 118 Å². The molecule has 0 fully saturated rings. The minimum atomic E-state index is -4.19. The van der Waals surface area contributed by atoms with Crippen LogP contribution in [0.25, 0.3) is 16.8 Å². The Balaban J connectivity index is 1.33. The highest BCUT2D eigenvalue weighted by Gasteiger charge is 2.19. The van der Waals surface area contributed by atoms with Gasteiger partial charge in [0.05, 0.1) is 0 Å². The molecule has 8 nitrogen and oxygen atoms in total. The Morgan fingerprint density at radius 3 is 2.50 bits per heavy atom. The van der Waals surface area contributed by atoms with Crippen molar-refractivity contribution in [2.24, 2.45) is 0 Å². The highest BCUT2D eigenvalue weighted by Crippen LogP contribution is 2.27. The van der Waals surface area contributed by atoms with E-state index in [2.05, 4.69) is 15.5 Å². The summed E-state index contributed by atoms with van der Waals surface area (Å²) in [6.07, 6.45) is 1.78. The van der Waals surface area contributed by atoms with E-state index >= 15 is 0 Å². The zero-order valence-corrected chi connectivity index (χ0v) is 23.0. The normalized spacial score (nSPS) is 11.7. The number of hydrogen-bond donors (Lipinski definition) is 1. The maximum Gasteiger partial charge on any atom is 0.339 e. The van der Waals surface area contributed by atoms with Crippen LogP contribution in [-0.2, 0) is 21.3 Å². The van der Waals surface area contributed by atoms with Gasteiger partial charge in [0.1, 0.15) is 27.3 Å². The van der Waals surface area contributed by atoms with E-state index in [9.17, 15) is 18.5 Å². The molecule has 1 amide bonds. The van der Waals surface area contributed by atoms with Crippen molar-refractivity contribution in [3.8, 4) is 11.8 Å². The predicted molar refractivity (Wildman–Crippen MR) is 155 cm³/mol. The van der Waals surface area contributed by atoms with Crippen molar-refractivity contribution < 1.29 is 17.4 Å². The highest BCUT2D eigenvalue weighted by atomic mass is 35.5. The lowest BCUT2D eigenvalue weighted by Crippen LogP contribution is -2.13. The molecule has 0 spiro atoms. The second-order valence-electron chi connectivity index (χ2n) is 8.47. The summed E-state index contributed by atoms with van der Waals surface area (Å²) in [5.41, 5.74) is 1.03. The molecule has 1 aromatic heterocycles. The van der Waals surface area contributed by atoms with Gasteiger partial charge in [-0.05, 0) is 52.7 Å². The Hall–Kier alpha value is -4.56. The molecule has 0 bridgehead atoms. The number of fused-ring (bicyclic) bond motifs is 1. The number of carbonyl (C=O) groups is 1. The SMILES string of the molecule is N#C/C(=C\c1ccccc1OS(=O)(=O)c1ccc(Cl)cc1)C(=O)Nc1nnc(Cc2cccc3ccccc23)s1. The smallest absolute Gasteiger partial charge is 0.339 e. The molecule has 198 valence electrons. The molecule has 0 aliphatic carbocycles. The van der Waals surface area contributed by atoms with Gasteiger partial charge in [0.25, 0.3) is 5.91 Å². The van der Waals surface area contributed by atoms with Crippen LogP contribution in [0.5, 0.6) is 5.75 Å². The number of benzene rings is 4. The summed E-state index contributed by atoms with van der Waals surface area (Å²) in [5, 5.41) is 24.0. The van der Waals surface area contributed by atoms with Gasteiger partial charge < -0.3 is 4.18 Å². The molecule has 0 aliphatic heterocycles. The van der Waals surface area contributed by atoms with Crippen molar-refractivity contribution in [2.45, 2.75) is 11.3 Å². The number of nitrogens with zero attached hydrogens (tertiary/aromatic N) is 3. The fourth-order valence-corrected chi connectivity index (χ4v) is 5.73. The molecule has 0 atom stereocenters. The number of nitrogens with one attached hydrogen (secondary N) is 1. The molecule has 40 heavy (non-hydrogen) atoms. The standard InChI is InChI=1S/C29H19ClN4O4S2/c30-23-12-14-24(15-13-23)40(36,37)38-26-11-4-2-7-21(26)16-22(18-31)28(35)32-29-34-33-27(39-29)17-20-9-5-8-19-6-1-3-10-25(19)20/h1-16H,17H2,(H,32,34,35)/b22-16+. The summed E-state index contributed by atoms with van der Waals surface area (Å²) in [4.78, 5) is 12.8. The fraction of sp³-hybridized carbons (Fsp3) is 0.0345. The molecule has 4 aromatic carbocycles. The van der Waals surface area contributed by atoms with Gasteiger partial charge in [0.15, 0.2) is 0 Å². The Morgan fingerprint density at radius 2 is 1.70 bits per heavy atom. The summed E-state index contributed by atoms with van der Waals surface area (Å²) < 4.78 is 30.8. The van der Waals surface area contributed by atoms with Gasteiger partial charge in [0.2, 0.25) is 5.13 Å². The van der Waals surface area contributed by atoms with E-state index in [0.717, 1.165) is 16.3 Å². The summed E-state index contributed by atoms with van der Waals surface area (Å²) >= 11 is 7.05. The van der Waals surface area contributed by atoms with Gasteiger partial charge in [0, 0.05) is 17.0 Å². The van der Waals surface area contributed by atoms with Crippen LogP contribution in [-0.4, -0.2) is 24.5 Å². The van der Waals surface area contributed by atoms with Crippen molar-refractivity contribution in [1.82, 2.24) is 10.2 Å². The Morgan fingerprint density at radius 1 is 0.975 bits per heavy atom. The Labute approximate surface area is 239 Å². The van der Waals surface area contributed by atoms with Gasteiger partial charge in [-0.3, -0.25) is 10.1 Å². The molecule has 0 aliphatic rings. The fourth-order valence-electron chi connectivity index (χ4n) is 3.90. The lowest BCUT2D eigenvalue weighted by molar-refractivity contribution is -0.112. The number of rotatable bonds is 8. The van der Waals surface area contributed by atoms with Gasteiger partial charge in [-0.1, -0.05) is 83.6 Å². The summed E-state index contributed by atoms with van der Waals surface area (Å²) in [6, 6.07) is 27.6. The largest absolute Gasteiger partial charge is 0.378 e. The molecule has 1 N–H and O–H groups in total. The van der Waals surface area contributed by atoms with E-state index in [-0.39, 0.29) is 26.9 Å². The van der Waals surface area contributed by atoms with Crippen LogP contribution >= 0.6 is 22.9 Å². The first kappa shape index (κ1) is 27.0. The average Bonchev–Trinajstić information content (AvgIpc) is 3.39. The number of carbonyl (C=O) groups excluding carboxylic acids is 1. The van der Waals surface area contributed by atoms with E-state index in [0.29, 0.717) is 16.5 Å². The molecule has 0 saturated carbocycles. The molecule has 0 saturated heterocycles. The number of anilines is 1. The van der Waals surface area contributed by atoms with Crippen LogP contribution < -0.4 is 9.50 Å². The van der Waals surface area contributed by atoms with Crippen LogP contribution in [0.4, 0.5) is 5.13 Å². The van der Waals surface area contributed by atoms with Crippen molar-refractivity contribution in [2.75, 3.05) is 5.32 Å². The zero-order chi connectivity index (χ0) is 28.1. The Kier molecular flexibility index (Phi) is 7.89. The lowest BCUT2D eigenvalue weighted by atomic mass is 10.0. The maximum absolute atomic E-state index is 12.9. The number of halogens is 1. The zero-order valence-electron chi connectivity index (χ0n) is 20.6. The third kappa shape index (κ3) is 6.18. The molecular formula is C29H19ClN4O4S2. The predicted octanol–water partition coefficient (Wildman–Crippen LogP) is 6.25. The lowest BCUT2D eigenvalue weighted by Gasteiger charge is -2.10.